The van der Waals surface area contributed by atoms with Crippen molar-refractivity contribution in [1.29, 1.82) is 0 Å². The molecule has 1 aromatic carbocycles. The molecule has 1 heterocycles. The number of amides is 2. The van der Waals surface area contributed by atoms with E-state index in [0.717, 1.165) is 25.1 Å². The first kappa shape index (κ1) is 22.3. The van der Waals surface area contributed by atoms with Crippen molar-refractivity contribution in [3.05, 3.63) is 35.4 Å². The number of likely N-dealkylation sites (tertiary alicyclic amines) is 1. The van der Waals surface area contributed by atoms with Crippen molar-refractivity contribution in [2.75, 3.05) is 26.7 Å². The molecule has 1 aliphatic heterocycles. The summed E-state index contributed by atoms with van der Waals surface area (Å²) in [5.41, 5.74) is -0.657. The molecule has 0 aliphatic carbocycles. The van der Waals surface area contributed by atoms with E-state index in [9.17, 15) is 18.4 Å². The summed E-state index contributed by atoms with van der Waals surface area (Å²) in [6.07, 6.45) is 0.896. The Morgan fingerprint density at radius 3 is 2.42 bits per heavy atom. The molecule has 0 spiro atoms. The Balaban J connectivity index is 0.00000338. The molecule has 0 radical (unpaired) electrons. The molecular formula is C18H26ClF2N3O2. The zero-order chi connectivity index (χ0) is 18.6. The molecule has 5 nitrogen and oxygen atoms in total. The Kier molecular flexibility index (Phi) is 8.43. The third-order valence-corrected chi connectivity index (χ3v) is 4.50. The fourth-order valence-corrected chi connectivity index (χ4v) is 3.13. The fraction of sp³-hybridized carbons (Fsp3) is 0.556. The molecule has 2 atom stereocenters. The van der Waals surface area contributed by atoms with Crippen molar-refractivity contribution >= 4 is 24.2 Å². The summed E-state index contributed by atoms with van der Waals surface area (Å²) < 4.78 is 27.6. The Bertz CT molecular complexity index is 623. The van der Waals surface area contributed by atoms with Crippen LogP contribution in [0.4, 0.5) is 8.78 Å². The zero-order valence-corrected chi connectivity index (χ0v) is 16.0. The van der Waals surface area contributed by atoms with Crippen LogP contribution in [0.3, 0.4) is 0 Å². The highest BCUT2D eigenvalue weighted by Gasteiger charge is 2.34. The highest BCUT2D eigenvalue weighted by atomic mass is 35.5. The molecule has 2 rings (SSSR count). The van der Waals surface area contributed by atoms with E-state index in [-0.39, 0.29) is 24.2 Å². The van der Waals surface area contributed by atoms with E-state index in [1.807, 2.05) is 7.05 Å². The number of benzene rings is 1. The summed E-state index contributed by atoms with van der Waals surface area (Å²) in [6, 6.07) is 2.42. The van der Waals surface area contributed by atoms with Crippen LogP contribution >= 0.6 is 12.4 Å². The molecule has 1 aliphatic rings. The molecule has 1 aromatic rings. The van der Waals surface area contributed by atoms with E-state index in [1.54, 1.807) is 18.7 Å². The Morgan fingerprint density at radius 2 is 1.88 bits per heavy atom. The van der Waals surface area contributed by atoms with E-state index < -0.39 is 29.1 Å². The molecule has 2 N–H and O–H groups in total. The van der Waals surface area contributed by atoms with Gasteiger partial charge in [0.05, 0.1) is 0 Å². The molecule has 26 heavy (non-hydrogen) atoms. The molecule has 2 unspecified atom stereocenters. The molecule has 1 fully saturated rings. The van der Waals surface area contributed by atoms with Gasteiger partial charge in [-0.2, -0.15) is 0 Å². The van der Waals surface area contributed by atoms with Crippen LogP contribution < -0.4 is 10.6 Å². The lowest BCUT2D eigenvalue weighted by atomic mass is 10.0. The second-order valence-corrected chi connectivity index (χ2v) is 6.79. The third-order valence-electron chi connectivity index (χ3n) is 4.50. The van der Waals surface area contributed by atoms with E-state index >= 15 is 0 Å². The summed E-state index contributed by atoms with van der Waals surface area (Å²) in [6.45, 7) is 5.65. The van der Waals surface area contributed by atoms with E-state index in [0.29, 0.717) is 19.0 Å². The largest absolute Gasteiger partial charge is 0.341 e. The normalized spacial score (nSPS) is 17.8. The third kappa shape index (κ3) is 5.14. The van der Waals surface area contributed by atoms with Gasteiger partial charge in [0, 0.05) is 13.1 Å². The summed E-state index contributed by atoms with van der Waals surface area (Å²) in [5.74, 6) is -2.83. The maximum atomic E-state index is 13.8. The smallest absolute Gasteiger partial charge is 0.257 e. The van der Waals surface area contributed by atoms with Gasteiger partial charge < -0.3 is 15.5 Å². The lowest BCUT2D eigenvalue weighted by Gasteiger charge is -2.27. The van der Waals surface area contributed by atoms with E-state index in [4.69, 9.17) is 0 Å². The Labute approximate surface area is 158 Å². The standard InChI is InChI=1S/C18H25F2N3O2.ClH/c1-11(2)16(18(25)23-8-7-12(10-23)9-21-3)22-17(24)15-13(19)5-4-6-14(15)20;/h4-6,11-12,16,21H,7-10H2,1-3H3,(H,22,24);1H. The van der Waals surface area contributed by atoms with Gasteiger partial charge in [0.15, 0.2) is 0 Å². The van der Waals surface area contributed by atoms with Gasteiger partial charge in [0.2, 0.25) is 5.91 Å². The maximum Gasteiger partial charge on any atom is 0.257 e. The first-order chi connectivity index (χ1) is 11.8. The van der Waals surface area contributed by atoms with Crippen molar-refractivity contribution in [2.45, 2.75) is 26.3 Å². The molecule has 0 saturated carbocycles. The van der Waals surface area contributed by atoms with Crippen molar-refractivity contribution in [1.82, 2.24) is 15.5 Å². The SMILES string of the molecule is CNCC1CCN(C(=O)C(NC(=O)c2c(F)cccc2F)C(C)C)C1.Cl. The minimum atomic E-state index is -0.942. The molecule has 0 aromatic heterocycles. The second-order valence-electron chi connectivity index (χ2n) is 6.79. The Hall–Kier alpha value is -1.73. The number of carbonyl (C=O) groups is 2. The first-order valence-corrected chi connectivity index (χ1v) is 8.53. The van der Waals surface area contributed by atoms with Crippen LogP contribution in [-0.4, -0.2) is 49.4 Å². The predicted octanol–water partition coefficient (Wildman–Crippen LogP) is 2.21. The monoisotopic (exact) mass is 389 g/mol. The molecule has 0 bridgehead atoms. The van der Waals surface area contributed by atoms with Gasteiger partial charge in [0.25, 0.3) is 5.91 Å². The topological polar surface area (TPSA) is 61.4 Å². The quantitative estimate of drug-likeness (QED) is 0.784. The van der Waals surface area contributed by atoms with E-state index in [1.165, 1.54) is 6.07 Å². The van der Waals surface area contributed by atoms with Crippen LogP contribution in [0.5, 0.6) is 0 Å². The summed E-state index contributed by atoms with van der Waals surface area (Å²) in [5, 5.41) is 5.61. The first-order valence-electron chi connectivity index (χ1n) is 8.53. The number of hydrogen-bond acceptors (Lipinski definition) is 3. The summed E-state index contributed by atoms with van der Waals surface area (Å²) >= 11 is 0. The average molecular weight is 390 g/mol. The van der Waals surface area contributed by atoms with Crippen LogP contribution in [0.15, 0.2) is 18.2 Å². The minimum absolute atomic E-state index is 0. The van der Waals surface area contributed by atoms with Crippen molar-refractivity contribution < 1.29 is 18.4 Å². The number of nitrogens with one attached hydrogen (secondary N) is 2. The number of rotatable bonds is 6. The van der Waals surface area contributed by atoms with Crippen LogP contribution in [-0.2, 0) is 4.79 Å². The van der Waals surface area contributed by atoms with Crippen LogP contribution in [0.25, 0.3) is 0 Å². The zero-order valence-electron chi connectivity index (χ0n) is 15.2. The van der Waals surface area contributed by atoms with Crippen LogP contribution in [0.1, 0.15) is 30.6 Å². The van der Waals surface area contributed by atoms with Crippen LogP contribution in [0, 0.1) is 23.5 Å². The van der Waals surface area contributed by atoms with Gasteiger partial charge in [-0.3, -0.25) is 9.59 Å². The number of carbonyl (C=O) groups excluding carboxylic acids is 2. The van der Waals surface area contributed by atoms with Gasteiger partial charge in [0.1, 0.15) is 23.2 Å². The predicted molar refractivity (Wildman–Crippen MR) is 98.3 cm³/mol. The van der Waals surface area contributed by atoms with Gasteiger partial charge in [-0.25, -0.2) is 8.78 Å². The van der Waals surface area contributed by atoms with Crippen molar-refractivity contribution in [3.63, 3.8) is 0 Å². The highest BCUT2D eigenvalue weighted by molar-refractivity contribution is 5.98. The number of nitrogens with zero attached hydrogens (tertiary/aromatic N) is 1. The van der Waals surface area contributed by atoms with Gasteiger partial charge in [-0.05, 0) is 44.0 Å². The lowest BCUT2D eigenvalue weighted by Crippen LogP contribution is -2.51. The number of hydrogen-bond donors (Lipinski definition) is 2. The number of halogens is 3. The van der Waals surface area contributed by atoms with Crippen LogP contribution in [0.2, 0.25) is 0 Å². The van der Waals surface area contributed by atoms with Gasteiger partial charge in [-0.15, -0.1) is 12.4 Å². The Morgan fingerprint density at radius 1 is 1.27 bits per heavy atom. The molecule has 146 valence electrons. The van der Waals surface area contributed by atoms with Crippen molar-refractivity contribution in [3.8, 4) is 0 Å². The average Bonchev–Trinajstić information content (AvgIpc) is 3.00. The van der Waals surface area contributed by atoms with E-state index in [2.05, 4.69) is 10.6 Å². The summed E-state index contributed by atoms with van der Waals surface area (Å²) in [7, 11) is 1.87. The maximum absolute atomic E-state index is 13.8. The van der Waals surface area contributed by atoms with Gasteiger partial charge in [-0.1, -0.05) is 19.9 Å². The van der Waals surface area contributed by atoms with Gasteiger partial charge >= 0.3 is 0 Å². The summed E-state index contributed by atoms with van der Waals surface area (Å²) in [4.78, 5) is 26.8. The molecular weight excluding hydrogens is 364 g/mol. The minimum Gasteiger partial charge on any atom is -0.341 e. The highest BCUT2D eigenvalue weighted by Crippen LogP contribution is 2.19. The molecule has 2 amide bonds. The molecule has 1 saturated heterocycles. The second kappa shape index (κ2) is 9.83. The fourth-order valence-electron chi connectivity index (χ4n) is 3.13. The molecule has 8 heteroatoms. The van der Waals surface area contributed by atoms with Crippen molar-refractivity contribution in [2.24, 2.45) is 11.8 Å². The lowest BCUT2D eigenvalue weighted by molar-refractivity contribution is -0.133.